The predicted molar refractivity (Wildman–Crippen MR) is 59.0 cm³/mol. The van der Waals surface area contributed by atoms with Crippen LogP contribution < -0.4 is 0 Å². The van der Waals surface area contributed by atoms with E-state index in [-0.39, 0.29) is 6.07 Å². The van der Waals surface area contributed by atoms with Gasteiger partial charge in [0.2, 0.25) is 0 Å². The topological polar surface area (TPSA) is 54.4 Å². The second-order valence-electron chi connectivity index (χ2n) is 4.48. The summed E-state index contributed by atoms with van der Waals surface area (Å²) in [6, 6.07) is -0.00624. The molecule has 3 nitrogen and oxygen atoms in total. The summed E-state index contributed by atoms with van der Waals surface area (Å²) < 4.78 is 64.3. The molecule has 0 heterocycles. The Balaban J connectivity index is 3.25. The van der Waals surface area contributed by atoms with Crippen molar-refractivity contribution in [3.63, 3.8) is 0 Å². The van der Waals surface area contributed by atoms with Gasteiger partial charge in [0.1, 0.15) is 4.90 Å². The lowest BCUT2D eigenvalue weighted by Crippen LogP contribution is -2.30. The smallest absolute Gasteiger partial charge is 0.310 e. The highest BCUT2D eigenvalue weighted by Crippen LogP contribution is 2.26. The van der Waals surface area contributed by atoms with Gasteiger partial charge >= 0.3 is 5.97 Å². The highest BCUT2D eigenvalue weighted by Gasteiger charge is 2.33. The number of rotatable bonds is 4. The molecule has 1 unspecified atom stereocenters. The third kappa shape index (κ3) is 3.12. The van der Waals surface area contributed by atoms with Gasteiger partial charge in [-0.2, -0.15) is 0 Å². The molecular formula is C11H10F4O3S. The maximum absolute atomic E-state index is 13.3. The highest BCUT2D eigenvalue weighted by molar-refractivity contribution is 7.85. The van der Waals surface area contributed by atoms with Gasteiger partial charge in [0.15, 0.2) is 23.3 Å². The molecule has 1 aromatic rings. The molecule has 106 valence electrons. The Hall–Kier alpha value is -1.44. The van der Waals surface area contributed by atoms with Crippen LogP contribution in [0.5, 0.6) is 0 Å². The van der Waals surface area contributed by atoms with Crippen LogP contribution in [0.1, 0.15) is 13.8 Å². The third-order valence-corrected chi connectivity index (χ3v) is 4.17. The van der Waals surface area contributed by atoms with Crippen molar-refractivity contribution in [3.8, 4) is 0 Å². The summed E-state index contributed by atoms with van der Waals surface area (Å²) in [5.41, 5.74) is -1.56. The third-order valence-electron chi connectivity index (χ3n) is 2.37. The molecule has 0 radical (unpaired) electrons. The first-order valence-electron chi connectivity index (χ1n) is 5.02. The summed E-state index contributed by atoms with van der Waals surface area (Å²) in [6.45, 7) is 2.36. The van der Waals surface area contributed by atoms with E-state index >= 15 is 0 Å². The minimum atomic E-state index is -2.53. The van der Waals surface area contributed by atoms with Crippen LogP contribution in [0.15, 0.2) is 11.0 Å². The van der Waals surface area contributed by atoms with Gasteiger partial charge in [-0.3, -0.25) is 9.00 Å². The molecule has 0 spiro atoms. The Morgan fingerprint density at radius 3 is 2.00 bits per heavy atom. The number of aliphatic carboxylic acids is 1. The standard InChI is InChI=1S/C11H10F4O3S/c1-11(2,10(16)17)4-19(18)9-7(14)5(12)3-6(13)8(9)15/h3H,4H2,1-2H3,(H,16,17). The van der Waals surface area contributed by atoms with E-state index in [1.54, 1.807) is 0 Å². The summed E-state index contributed by atoms with van der Waals surface area (Å²) in [5.74, 6) is -8.96. The van der Waals surface area contributed by atoms with Gasteiger partial charge < -0.3 is 5.11 Å². The molecule has 8 heteroatoms. The second-order valence-corrected chi connectivity index (χ2v) is 5.86. The molecular weight excluding hydrogens is 288 g/mol. The Labute approximate surface area is 108 Å². The molecule has 0 saturated heterocycles. The fourth-order valence-electron chi connectivity index (χ4n) is 1.21. The summed E-state index contributed by atoms with van der Waals surface area (Å²) >= 11 is 0. The van der Waals surface area contributed by atoms with Crippen LogP contribution in [0.4, 0.5) is 17.6 Å². The first-order chi connectivity index (χ1) is 8.58. The van der Waals surface area contributed by atoms with Gasteiger partial charge in [0, 0.05) is 11.8 Å². The van der Waals surface area contributed by atoms with Crippen molar-refractivity contribution in [2.75, 3.05) is 5.75 Å². The van der Waals surface area contributed by atoms with E-state index in [0.29, 0.717) is 0 Å². The number of carboxylic acids is 1. The second kappa shape index (κ2) is 5.28. The average Bonchev–Trinajstić information content (AvgIpc) is 2.25. The molecule has 0 aliphatic rings. The van der Waals surface area contributed by atoms with Crippen LogP contribution in [-0.2, 0) is 15.6 Å². The zero-order valence-electron chi connectivity index (χ0n) is 9.97. The first kappa shape index (κ1) is 15.6. The van der Waals surface area contributed by atoms with Crippen molar-refractivity contribution in [3.05, 3.63) is 29.3 Å². The fraction of sp³-hybridized carbons (Fsp3) is 0.364. The van der Waals surface area contributed by atoms with Crippen LogP contribution in [0, 0.1) is 28.7 Å². The average molecular weight is 298 g/mol. The highest BCUT2D eigenvalue weighted by atomic mass is 32.2. The van der Waals surface area contributed by atoms with E-state index < -0.39 is 56.1 Å². The summed E-state index contributed by atoms with van der Waals surface area (Å²) in [5, 5.41) is 8.81. The van der Waals surface area contributed by atoms with Crippen molar-refractivity contribution >= 4 is 16.8 Å². The zero-order chi connectivity index (χ0) is 15.0. The maximum Gasteiger partial charge on any atom is 0.310 e. The molecule has 1 atom stereocenters. The van der Waals surface area contributed by atoms with Crippen molar-refractivity contribution in [1.82, 2.24) is 0 Å². The Morgan fingerprint density at radius 2 is 1.63 bits per heavy atom. The van der Waals surface area contributed by atoms with Gasteiger partial charge in [-0.05, 0) is 13.8 Å². The van der Waals surface area contributed by atoms with E-state index in [1.165, 1.54) is 13.8 Å². The number of carbonyl (C=O) groups is 1. The number of benzene rings is 1. The van der Waals surface area contributed by atoms with Crippen molar-refractivity contribution in [2.45, 2.75) is 18.7 Å². The Kier molecular flexibility index (Phi) is 4.34. The fourth-order valence-corrected chi connectivity index (χ4v) is 2.73. The molecule has 0 saturated carbocycles. The summed E-state index contributed by atoms with van der Waals surface area (Å²) in [7, 11) is -2.53. The summed E-state index contributed by atoms with van der Waals surface area (Å²) in [4.78, 5) is 9.54. The lowest BCUT2D eigenvalue weighted by molar-refractivity contribution is -0.145. The number of halogens is 4. The largest absolute Gasteiger partial charge is 0.481 e. The van der Waals surface area contributed by atoms with E-state index in [1.807, 2.05) is 0 Å². The van der Waals surface area contributed by atoms with E-state index in [0.717, 1.165) is 0 Å². The van der Waals surface area contributed by atoms with Gasteiger partial charge in [0.05, 0.1) is 16.2 Å². The van der Waals surface area contributed by atoms with Crippen LogP contribution in [0.3, 0.4) is 0 Å². The molecule has 0 amide bonds. The normalized spacial score (nSPS) is 13.4. The molecule has 0 aliphatic carbocycles. The van der Waals surface area contributed by atoms with Crippen LogP contribution in [0.2, 0.25) is 0 Å². The van der Waals surface area contributed by atoms with Gasteiger partial charge in [-0.1, -0.05) is 0 Å². The molecule has 1 N–H and O–H groups in total. The van der Waals surface area contributed by atoms with Crippen LogP contribution in [0.25, 0.3) is 0 Å². The van der Waals surface area contributed by atoms with Crippen LogP contribution >= 0.6 is 0 Å². The molecule has 19 heavy (non-hydrogen) atoms. The molecule has 0 bridgehead atoms. The maximum atomic E-state index is 13.3. The van der Waals surface area contributed by atoms with Gasteiger partial charge in [-0.15, -0.1) is 0 Å². The summed E-state index contributed by atoms with van der Waals surface area (Å²) in [6.07, 6.45) is 0. The number of carboxylic acid groups (broad SMARTS) is 1. The Morgan fingerprint density at radius 1 is 1.21 bits per heavy atom. The number of hydrogen-bond acceptors (Lipinski definition) is 2. The van der Waals surface area contributed by atoms with E-state index in [9.17, 15) is 26.6 Å². The van der Waals surface area contributed by atoms with E-state index in [4.69, 9.17) is 5.11 Å². The first-order valence-corrected chi connectivity index (χ1v) is 6.34. The Bertz CT molecular complexity index is 531. The minimum absolute atomic E-state index is 0.00624. The lowest BCUT2D eigenvalue weighted by Gasteiger charge is -2.18. The molecule has 0 fully saturated rings. The SMILES string of the molecule is CC(C)(CS(=O)c1c(F)c(F)cc(F)c1F)C(=O)O. The molecule has 0 aliphatic heterocycles. The lowest BCUT2D eigenvalue weighted by atomic mass is 9.97. The van der Waals surface area contributed by atoms with Gasteiger partial charge in [0.25, 0.3) is 0 Å². The monoisotopic (exact) mass is 298 g/mol. The van der Waals surface area contributed by atoms with Gasteiger partial charge in [-0.25, -0.2) is 17.6 Å². The van der Waals surface area contributed by atoms with E-state index in [2.05, 4.69) is 0 Å². The molecule has 1 aromatic carbocycles. The number of hydrogen-bond donors (Lipinski definition) is 1. The quantitative estimate of drug-likeness (QED) is 0.686. The molecule has 0 aromatic heterocycles. The minimum Gasteiger partial charge on any atom is -0.481 e. The predicted octanol–water partition coefficient (Wildman–Crippen LogP) is 2.46. The van der Waals surface area contributed by atoms with Crippen molar-refractivity contribution in [1.29, 1.82) is 0 Å². The van der Waals surface area contributed by atoms with Crippen LogP contribution in [-0.4, -0.2) is 21.0 Å². The molecule has 1 rings (SSSR count). The van der Waals surface area contributed by atoms with Crippen molar-refractivity contribution < 1.29 is 31.7 Å². The van der Waals surface area contributed by atoms with Crippen molar-refractivity contribution in [2.24, 2.45) is 5.41 Å². The zero-order valence-corrected chi connectivity index (χ0v) is 10.8.